The van der Waals surface area contributed by atoms with Crippen molar-refractivity contribution in [1.82, 2.24) is 10.6 Å². The molecular weight excluding hydrogens is 523 g/mol. The highest BCUT2D eigenvalue weighted by Crippen LogP contribution is 2.35. The number of rotatable bonds is 4. The zero-order chi connectivity index (χ0) is 26.9. The van der Waals surface area contributed by atoms with Crippen LogP contribution in [0.15, 0.2) is 97.1 Å². The minimum absolute atomic E-state index is 0.273. The van der Waals surface area contributed by atoms with E-state index in [4.69, 9.17) is 23.2 Å². The number of benzene rings is 4. The SMILES string of the molecule is O=C1NC(O)(Cc2ccccc2)c2cc(Cl)ccc21.O=C1NC(O)(Cc2ccccc2)c2ccc(Cl)cc21. The van der Waals surface area contributed by atoms with Gasteiger partial charge >= 0.3 is 0 Å². The summed E-state index contributed by atoms with van der Waals surface area (Å²) in [5.41, 5.74) is 1.16. The van der Waals surface area contributed by atoms with Crippen molar-refractivity contribution in [2.24, 2.45) is 0 Å². The molecule has 2 heterocycles. The van der Waals surface area contributed by atoms with Crippen molar-refractivity contribution >= 4 is 35.0 Å². The van der Waals surface area contributed by atoms with Gasteiger partial charge in [0, 0.05) is 45.1 Å². The summed E-state index contributed by atoms with van der Waals surface area (Å²) in [4.78, 5) is 23.8. The summed E-state index contributed by atoms with van der Waals surface area (Å²) >= 11 is 11.8. The summed E-state index contributed by atoms with van der Waals surface area (Å²) in [6, 6.07) is 28.9. The van der Waals surface area contributed by atoms with Gasteiger partial charge in [0.15, 0.2) is 11.4 Å². The third kappa shape index (κ3) is 5.17. The molecule has 2 amide bonds. The molecule has 4 N–H and O–H groups in total. The molecule has 0 fully saturated rings. The molecule has 2 aliphatic heterocycles. The number of carbonyl (C=O) groups is 2. The van der Waals surface area contributed by atoms with Gasteiger partial charge in [0.2, 0.25) is 0 Å². The lowest BCUT2D eigenvalue weighted by atomic mass is 9.95. The molecule has 4 aromatic rings. The first-order valence-electron chi connectivity index (χ1n) is 11.9. The van der Waals surface area contributed by atoms with E-state index >= 15 is 0 Å². The molecule has 0 saturated carbocycles. The molecule has 4 aromatic carbocycles. The predicted molar refractivity (Wildman–Crippen MR) is 146 cm³/mol. The van der Waals surface area contributed by atoms with Crippen LogP contribution in [0.25, 0.3) is 0 Å². The summed E-state index contributed by atoms with van der Waals surface area (Å²) in [5, 5.41) is 27.6. The summed E-state index contributed by atoms with van der Waals surface area (Å²) in [6.45, 7) is 0. The molecule has 2 unspecified atom stereocenters. The Labute approximate surface area is 229 Å². The van der Waals surface area contributed by atoms with E-state index in [1.54, 1.807) is 36.4 Å². The molecule has 6 rings (SSSR count). The Morgan fingerprint density at radius 1 is 0.579 bits per heavy atom. The second kappa shape index (κ2) is 10.2. The lowest BCUT2D eigenvalue weighted by molar-refractivity contribution is 0.0125. The van der Waals surface area contributed by atoms with Crippen molar-refractivity contribution in [3.8, 4) is 0 Å². The third-order valence-electron chi connectivity index (χ3n) is 6.59. The van der Waals surface area contributed by atoms with Gasteiger partial charge in [0.05, 0.1) is 0 Å². The molecule has 38 heavy (non-hydrogen) atoms. The Morgan fingerprint density at radius 3 is 1.63 bits per heavy atom. The van der Waals surface area contributed by atoms with Crippen molar-refractivity contribution in [2.75, 3.05) is 0 Å². The quantitative estimate of drug-likeness (QED) is 0.291. The first kappa shape index (κ1) is 25.9. The smallest absolute Gasteiger partial charge is 0.254 e. The first-order valence-corrected chi connectivity index (χ1v) is 12.7. The van der Waals surface area contributed by atoms with Crippen LogP contribution in [0.3, 0.4) is 0 Å². The highest BCUT2D eigenvalue weighted by Gasteiger charge is 2.42. The Morgan fingerprint density at radius 2 is 1.05 bits per heavy atom. The molecule has 0 aromatic heterocycles. The third-order valence-corrected chi connectivity index (χ3v) is 7.06. The van der Waals surface area contributed by atoms with E-state index in [0.29, 0.717) is 45.1 Å². The molecular formula is C30H24Cl2N2O4. The first-order chi connectivity index (χ1) is 18.2. The molecule has 0 aliphatic carbocycles. The van der Waals surface area contributed by atoms with Gasteiger partial charge in [-0.3, -0.25) is 9.59 Å². The van der Waals surface area contributed by atoms with Crippen LogP contribution in [0.4, 0.5) is 0 Å². The van der Waals surface area contributed by atoms with Crippen LogP contribution in [0.1, 0.15) is 43.0 Å². The second-order valence-electron chi connectivity index (χ2n) is 9.33. The van der Waals surface area contributed by atoms with Crippen LogP contribution in [0.5, 0.6) is 0 Å². The number of hydrogen-bond donors (Lipinski definition) is 4. The highest BCUT2D eigenvalue weighted by molar-refractivity contribution is 6.31. The average molecular weight is 547 g/mol. The van der Waals surface area contributed by atoms with Crippen LogP contribution in [-0.4, -0.2) is 22.0 Å². The topological polar surface area (TPSA) is 98.7 Å². The molecule has 2 aliphatic rings. The molecule has 0 radical (unpaired) electrons. The van der Waals surface area contributed by atoms with E-state index in [1.165, 1.54) is 0 Å². The van der Waals surface area contributed by atoms with Crippen LogP contribution >= 0.6 is 23.2 Å². The number of nitrogens with one attached hydrogen (secondary N) is 2. The zero-order valence-corrected chi connectivity index (χ0v) is 21.6. The van der Waals surface area contributed by atoms with Crippen molar-refractivity contribution in [2.45, 2.75) is 24.3 Å². The van der Waals surface area contributed by atoms with E-state index in [-0.39, 0.29) is 11.8 Å². The van der Waals surface area contributed by atoms with Crippen LogP contribution in [0.2, 0.25) is 10.0 Å². The summed E-state index contributed by atoms with van der Waals surface area (Å²) in [7, 11) is 0. The van der Waals surface area contributed by atoms with Crippen molar-refractivity contribution in [3.05, 3.63) is 140 Å². The van der Waals surface area contributed by atoms with Gasteiger partial charge in [-0.2, -0.15) is 0 Å². The normalized spacial score (nSPS) is 21.1. The number of hydrogen-bond acceptors (Lipinski definition) is 4. The molecule has 2 atom stereocenters. The minimum Gasteiger partial charge on any atom is -0.366 e. The Balaban J connectivity index is 0.000000155. The van der Waals surface area contributed by atoms with Gasteiger partial charge in [-0.05, 0) is 41.5 Å². The molecule has 6 nitrogen and oxygen atoms in total. The summed E-state index contributed by atoms with van der Waals surface area (Å²) < 4.78 is 0. The van der Waals surface area contributed by atoms with E-state index in [9.17, 15) is 19.8 Å². The fourth-order valence-electron chi connectivity index (χ4n) is 4.83. The molecule has 8 heteroatoms. The maximum atomic E-state index is 11.9. The van der Waals surface area contributed by atoms with Crippen LogP contribution < -0.4 is 10.6 Å². The van der Waals surface area contributed by atoms with Crippen molar-refractivity contribution in [1.29, 1.82) is 0 Å². The number of amides is 2. The number of halogens is 2. The lowest BCUT2D eigenvalue weighted by Crippen LogP contribution is -2.41. The average Bonchev–Trinajstić information content (AvgIpc) is 3.28. The monoisotopic (exact) mass is 546 g/mol. The molecule has 0 spiro atoms. The van der Waals surface area contributed by atoms with E-state index in [1.807, 2.05) is 60.7 Å². The number of aliphatic hydroxyl groups is 2. The largest absolute Gasteiger partial charge is 0.366 e. The van der Waals surface area contributed by atoms with Gasteiger partial charge in [-0.15, -0.1) is 0 Å². The summed E-state index contributed by atoms with van der Waals surface area (Å²) in [5.74, 6) is -0.568. The van der Waals surface area contributed by atoms with Crippen LogP contribution in [-0.2, 0) is 24.3 Å². The standard InChI is InChI=1S/2C15H12ClNO2/c16-11-6-7-13-12(8-11)14(18)17-15(13,19)9-10-4-2-1-3-5-10;16-11-6-7-12-13(8-11)15(19,17-14(12)18)9-10-4-2-1-3-5-10/h2*1-8,19H,9H2,(H,17,18). The Hall–Kier alpha value is -3.68. The van der Waals surface area contributed by atoms with Crippen molar-refractivity contribution in [3.63, 3.8) is 0 Å². The van der Waals surface area contributed by atoms with E-state index in [2.05, 4.69) is 10.6 Å². The minimum atomic E-state index is -1.39. The second-order valence-corrected chi connectivity index (χ2v) is 10.2. The Kier molecular flexibility index (Phi) is 6.99. The predicted octanol–water partition coefficient (Wildman–Crippen LogP) is 4.94. The zero-order valence-electron chi connectivity index (χ0n) is 20.1. The number of carbonyl (C=O) groups excluding carboxylic acids is 2. The van der Waals surface area contributed by atoms with Crippen LogP contribution in [0, 0.1) is 0 Å². The van der Waals surface area contributed by atoms with Gasteiger partial charge in [-0.1, -0.05) is 89.9 Å². The fraction of sp³-hybridized carbons (Fsp3) is 0.133. The highest BCUT2D eigenvalue weighted by atomic mass is 35.5. The maximum Gasteiger partial charge on any atom is 0.254 e. The molecule has 192 valence electrons. The van der Waals surface area contributed by atoms with Crippen molar-refractivity contribution < 1.29 is 19.8 Å². The summed E-state index contributed by atoms with van der Waals surface area (Å²) in [6.07, 6.45) is 0.640. The molecule has 0 saturated heterocycles. The maximum absolute atomic E-state index is 11.9. The van der Waals surface area contributed by atoms with E-state index in [0.717, 1.165) is 11.1 Å². The van der Waals surface area contributed by atoms with Gasteiger partial charge in [0.1, 0.15) is 0 Å². The van der Waals surface area contributed by atoms with Gasteiger partial charge < -0.3 is 20.8 Å². The van der Waals surface area contributed by atoms with Gasteiger partial charge in [-0.25, -0.2) is 0 Å². The molecule has 0 bridgehead atoms. The van der Waals surface area contributed by atoms with Gasteiger partial charge in [0.25, 0.3) is 11.8 Å². The fourth-order valence-corrected chi connectivity index (χ4v) is 5.17. The lowest BCUT2D eigenvalue weighted by Gasteiger charge is -2.24. The van der Waals surface area contributed by atoms with E-state index < -0.39 is 11.4 Å². The Bertz CT molecular complexity index is 1510. The number of fused-ring (bicyclic) bond motifs is 2.